The van der Waals surface area contributed by atoms with E-state index in [1.165, 1.54) is 0 Å². The van der Waals surface area contributed by atoms with Crippen LogP contribution in [0.15, 0.2) is 18.5 Å². The molecular weight excluding hydrogens is 154 g/mol. The normalized spacial score (nSPS) is 12.8. The molecule has 0 spiro atoms. The molecule has 0 saturated heterocycles. The third-order valence-corrected chi connectivity index (χ3v) is 1.55. The molecule has 4 heteroatoms. The Balaban J connectivity index is 2.73. The fraction of sp³-hybridized carbons (Fsp3) is 0.375. The number of pyridine rings is 1. The molecule has 0 aliphatic carbocycles. The lowest BCUT2D eigenvalue weighted by Crippen LogP contribution is -2.16. The Morgan fingerprint density at radius 2 is 2.33 bits per heavy atom. The number of rotatable bonds is 3. The van der Waals surface area contributed by atoms with Crippen molar-refractivity contribution in [2.24, 2.45) is 5.73 Å². The number of hydrogen-bond donors (Lipinski definition) is 2. The topological polar surface area (TPSA) is 74.2 Å². The minimum Gasteiger partial charge on any atom is -0.397 e. The standard InChI is InChI=1S/C8H13N3O/c1-12-5-8(10)6-2-7(9)4-11-3-6/h2-4,8H,5,9-10H2,1H3/t8-/m1/s1. The van der Waals surface area contributed by atoms with Crippen molar-refractivity contribution >= 4 is 5.69 Å². The maximum absolute atomic E-state index is 5.75. The minimum atomic E-state index is -0.147. The first-order valence-corrected chi connectivity index (χ1v) is 3.69. The van der Waals surface area contributed by atoms with Gasteiger partial charge in [0.15, 0.2) is 0 Å². The van der Waals surface area contributed by atoms with Crippen molar-refractivity contribution in [3.8, 4) is 0 Å². The summed E-state index contributed by atoms with van der Waals surface area (Å²) in [4.78, 5) is 3.93. The molecule has 0 aromatic carbocycles. The van der Waals surface area contributed by atoms with Crippen molar-refractivity contribution in [1.82, 2.24) is 4.98 Å². The van der Waals surface area contributed by atoms with Gasteiger partial charge in [-0.25, -0.2) is 0 Å². The van der Waals surface area contributed by atoms with Gasteiger partial charge in [-0.2, -0.15) is 0 Å². The Bertz CT molecular complexity index is 252. The van der Waals surface area contributed by atoms with E-state index in [0.29, 0.717) is 12.3 Å². The average Bonchev–Trinajstić information content (AvgIpc) is 2.05. The average molecular weight is 167 g/mol. The van der Waals surface area contributed by atoms with Crippen LogP contribution in [0, 0.1) is 0 Å². The second kappa shape index (κ2) is 4.04. The molecule has 0 fully saturated rings. The second-order valence-corrected chi connectivity index (χ2v) is 2.61. The number of methoxy groups -OCH3 is 1. The smallest absolute Gasteiger partial charge is 0.0656 e. The van der Waals surface area contributed by atoms with Crippen molar-refractivity contribution in [3.05, 3.63) is 24.0 Å². The molecule has 12 heavy (non-hydrogen) atoms. The van der Waals surface area contributed by atoms with Gasteiger partial charge in [-0.05, 0) is 11.6 Å². The number of anilines is 1. The Kier molecular flexibility index (Phi) is 3.01. The van der Waals surface area contributed by atoms with E-state index in [-0.39, 0.29) is 6.04 Å². The molecule has 1 rings (SSSR count). The highest BCUT2D eigenvalue weighted by molar-refractivity contribution is 5.38. The lowest BCUT2D eigenvalue weighted by Gasteiger charge is -2.09. The van der Waals surface area contributed by atoms with Crippen LogP contribution in [-0.2, 0) is 4.74 Å². The number of ether oxygens (including phenoxy) is 1. The number of nitrogens with zero attached hydrogens (tertiary/aromatic N) is 1. The molecule has 0 aliphatic rings. The number of aromatic nitrogens is 1. The molecule has 0 saturated carbocycles. The van der Waals surface area contributed by atoms with Gasteiger partial charge in [-0.15, -0.1) is 0 Å². The van der Waals surface area contributed by atoms with Gasteiger partial charge >= 0.3 is 0 Å². The first-order chi connectivity index (χ1) is 5.74. The summed E-state index contributed by atoms with van der Waals surface area (Å²) in [7, 11) is 1.61. The summed E-state index contributed by atoms with van der Waals surface area (Å²) in [5.41, 5.74) is 12.8. The maximum Gasteiger partial charge on any atom is 0.0656 e. The molecule has 1 aromatic rings. The monoisotopic (exact) mass is 167 g/mol. The van der Waals surface area contributed by atoms with Crippen molar-refractivity contribution in [1.29, 1.82) is 0 Å². The molecule has 4 nitrogen and oxygen atoms in total. The van der Waals surface area contributed by atoms with Crippen LogP contribution >= 0.6 is 0 Å². The second-order valence-electron chi connectivity index (χ2n) is 2.61. The highest BCUT2D eigenvalue weighted by atomic mass is 16.5. The van der Waals surface area contributed by atoms with Crippen LogP contribution in [0.2, 0.25) is 0 Å². The maximum atomic E-state index is 5.75. The van der Waals surface area contributed by atoms with Gasteiger partial charge in [0.05, 0.1) is 18.3 Å². The van der Waals surface area contributed by atoms with Crippen molar-refractivity contribution in [2.75, 3.05) is 19.5 Å². The van der Waals surface area contributed by atoms with Gasteiger partial charge in [0.2, 0.25) is 0 Å². The zero-order chi connectivity index (χ0) is 8.97. The number of nitrogen functional groups attached to an aromatic ring is 1. The molecule has 1 aromatic heterocycles. The highest BCUT2D eigenvalue weighted by Crippen LogP contribution is 2.11. The predicted molar refractivity (Wildman–Crippen MR) is 47.5 cm³/mol. The first kappa shape index (κ1) is 8.96. The third kappa shape index (κ3) is 2.18. The van der Waals surface area contributed by atoms with E-state index in [0.717, 1.165) is 5.56 Å². The summed E-state index contributed by atoms with van der Waals surface area (Å²) in [6.07, 6.45) is 3.28. The molecule has 0 radical (unpaired) electrons. The van der Waals surface area contributed by atoms with Gasteiger partial charge in [0, 0.05) is 19.5 Å². The van der Waals surface area contributed by atoms with Crippen molar-refractivity contribution < 1.29 is 4.74 Å². The molecule has 66 valence electrons. The molecule has 0 aliphatic heterocycles. The van der Waals surface area contributed by atoms with Crippen LogP contribution in [-0.4, -0.2) is 18.7 Å². The van der Waals surface area contributed by atoms with Crippen LogP contribution in [0.25, 0.3) is 0 Å². The van der Waals surface area contributed by atoms with Crippen LogP contribution in [0.1, 0.15) is 11.6 Å². The van der Waals surface area contributed by atoms with Crippen molar-refractivity contribution in [3.63, 3.8) is 0 Å². The summed E-state index contributed by atoms with van der Waals surface area (Å²) >= 11 is 0. The van der Waals surface area contributed by atoms with Crippen LogP contribution < -0.4 is 11.5 Å². The molecule has 0 unspecified atom stereocenters. The third-order valence-electron chi connectivity index (χ3n) is 1.55. The Hall–Kier alpha value is -1.13. The van der Waals surface area contributed by atoms with Crippen LogP contribution in [0.3, 0.4) is 0 Å². The van der Waals surface area contributed by atoms with Gasteiger partial charge in [-0.1, -0.05) is 0 Å². The fourth-order valence-electron chi connectivity index (χ4n) is 0.955. The van der Waals surface area contributed by atoms with Crippen LogP contribution in [0.5, 0.6) is 0 Å². The molecular formula is C8H13N3O. The Morgan fingerprint density at radius 1 is 1.58 bits per heavy atom. The lowest BCUT2D eigenvalue weighted by atomic mass is 10.1. The van der Waals surface area contributed by atoms with E-state index < -0.39 is 0 Å². The van der Waals surface area contributed by atoms with E-state index in [1.807, 2.05) is 0 Å². The Labute approximate surface area is 71.5 Å². The summed E-state index contributed by atoms with van der Waals surface area (Å²) in [5.74, 6) is 0. The highest BCUT2D eigenvalue weighted by Gasteiger charge is 2.04. The van der Waals surface area contributed by atoms with E-state index in [2.05, 4.69) is 4.98 Å². The lowest BCUT2D eigenvalue weighted by molar-refractivity contribution is 0.181. The summed E-state index contributed by atoms with van der Waals surface area (Å²) in [5, 5.41) is 0. The summed E-state index contributed by atoms with van der Waals surface area (Å²) in [6.45, 7) is 0.477. The summed E-state index contributed by atoms with van der Waals surface area (Å²) < 4.78 is 4.90. The van der Waals surface area contributed by atoms with Crippen LogP contribution in [0.4, 0.5) is 5.69 Å². The largest absolute Gasteiger partial charge is 0.397 e. The quantitative estimate of drug-likeness (QED) is 0.679. The predicted octanol–water partition coefficient (Wildman–Crippen LogP) is 0.310. The minimum absolute atomic E-state index is 0.147. The first-order valence-electron chi connectivity index (χ1n) is 3.69. The zero-order valence-corrected chi connectivity index (χ0v) is 7.03. The van der Waals surface area contributed by atoms with Gasteiger partial charge in [0.1, 0.15) is 0 Å². The fourth-order valence-corrected chi connectivity index (χ4v) is 0.955. The Morgan fingerprint density at radius 3 is 2.92 bits per heavy atom. The van der Waals surface area contributed by atoms with Crippen molar-refractivity contribution in [2.45, 2.75) is 6.04 Å². The summed E-state index contributed by atoms with van der Waals surface area (Å²) in [6, 6.07) is 1.66. The van der Waals surface area contributed by atoms with E-state index in [1.54, 1.807) is 25.6 Å². The van der Waals surface area contributed by atoms with Gasteiger partial charge in [0.25, 0.3) is 0 Å². The number of hydrogen-bond acceptors (Lipinski definition) is 4. The molecule has 0 bridgehead atoms. The van der Waals surface area contributed by atoms with E-state index in [4.69, 9.17) is 16.2 Å². The van der Waals surface area contributed by atoms with Gasteiger partial charge < -0.3 is 16.2 Å². The molecule has 0 amide bonds. The SMILES string of the molecule is COC[C@@H](N)c1cncc(N)c1. The van der Waals surface area contributed by atoms with Gasteiger partial charge in [-0.3, -0.25) is 4.98 Å². The van der Waals surface area contributed by atoms with E-state index in [9.17, 15) is 0 Å². The number of nitrogens with two attached hydrogens (primary N) is 2. The van der Waals surface area contributed by atoms with E-state index >= 15 is 0 Å². The molecule has 1 atom stereocenters. The molecule has 4 N–H and O–H groups in total. The molecule has 1 heterocycles. The zero-order valence-electron chi connectivity index (χ0n) is 7.03.